The predicted octanol–water partition coefficient (Wildman–Crippen LogP) is 3.37. The van der Waals surface area contributed by atoms with Crippen LogP contribution in [0, 0.1) is 6.92 Å². The molecule has 1 aromatic carbocycles. The third-order valence-corrected chi connectivity index (χ3v) is 4.31. The Kier molecular flexibility index (Phi) is 3.65. The number of aryl methyl sites for hydroxylation is 1. The molecular formula is C15H16FNO2S. The van der Waals surface area contributed by atoms with Crippen molar-refractivity contribution in [1.82, 2.24) is 0 Å². The van der Waals surface area contributed by atoms with E-state index in [0.29, 0.717) is 5.57 Å². The number of rotatable bonds is 2. The largest absolute Gasteiger partial charge is 0.282 e. The van der Waals surface area contributed by atoms with Crippen LogP contribution in [0.4, 0.5) is 4.39 Å². The van der Waals surface area contributed by atoms with E-state index in [4.69, 9.17) is 0 Å². The lowest BCUT2D eigenvalue weighted by molar-refractivity contribution is 0.326. The van der Waals surface area contributed by atoms with Crippen LogP contribution in [-0.2, 0) is 10.0 Å². The van der Waals surface area contributed by atoms with E-state index in [2.05, 4.69) is 4.40 Å². The van der Waals surface area contributed by atoms with E-state index in [1.807, 2.05) is 6.92 Å². The summed E-state index contributed by atoms with van der Waals surface area (Å²) < 4.78 is 41.9. The minimum atomic E-state index is -3.77. The third-order valence-electron chi connectivity index (χ3n) is 3.01. The lowest BCUT2D eigenvalue weighted by Crippen LogP contribution is -2.18. The van der Waals surface area contributed by atoms with Crippen molar-refractivity contribution in [3.63, 3.8) is 0 Å². The van der Waals surface area contributed by atoms with Gasteiger partial charge in [0.1, 0.15) is 5.67 Å². The Bertz CT molecular complexity index is 711. The van der Waals surface area contributed by atoms with Crippen LogP contribution >= 0.6 is 0 Å². The van der Waals surface area contributed by atoms with Crippen molar-refractivity contribution in [2.75, 3.05) is 0 Å². The molecule has 106 valence electrons. The number of hydrogen-bond donors (Lipinski definition) is 0. The molecule has 0 bridgehead atoms. The Labute approximate surface area is 118 Å². The van der Waals surface area contributed by atoms with Crippen LogP contribution in [0.25, 0.3) is 0 Å². The second kappa shape index (κ2) is 4.98. The monoisotopic (exact) mass is 293 g/mol. The van der Waals surface area contributed by atoms with Gasteiger partial charge in [-0.05, 0) is 56.7 Å². The summed E-state index contributed by atoms with van der Waals surface area (Å²) in [5.74, 6) is 0. The summed E-state index contributed by atoms with van der Waals surface area (Å²) in [4.78, 5) is 0.130. The molecule has 0 aliphatic heterocycles. The first-order valence-corrected chi connectivity index (χ1v) is 7.63. The minimum Gasteiger partial charge on any atom is -0.235 e. The van der Waals surface area contributed by atoms with E-state index >= 15 is 0 Å². The molecular weight excluding hydrogens is 277 g/mol. The molecule has 0 radical (unpaired) electrons. The molecule has 0 heterocycles. The first-order chi connectivity index (χ1) is 9.20. The van der Waals surface area contributed by atoms with E-state index in [-0.39, 0.29) is 10.6 Å². The van der Waals surface area contributed by atoms with E-state index < -0.39 is 15.7 Å². The van der Waals surface area contributed by atoms with E-state index in [1.165, 1.54) is 37.3 Å². The van der Waals surface area contributed by atoms with Crippen molar-refractivity contribution in [1.29, 1.82) is 0 Å². The zero-order valence-corrected chi connectivity index (χ0v) is 12.4. The lowest BCUT2D eigenvalue weighted by atomic mass is 9.96. The molecule has 0 saturated carbocycles. The number of halogens is 1. The molecule has 0 amide bonds. The van der Waals surface area contributed by atoms with Gasteiger partial charge >= 0.3 is 0 Å². The molecule has 1 aliphatic rings. The first-order valence-electron chi connectivity index (χ1n) is 6.19. The van der Waals surface area contributed by atoms with Gasteiger partial charge in [0.2, 0.25) is 0 Å². The molecule has 5 heteroatoms. The Balaban J connectivity index is 2.40. The molecule has 1 unspecified atom stereocenters. The molecule has 20 heavy (non-hydrogen) atoms. The van der Waals surface area contributed by atoms with Gasteiger partial charge in [-0.15, -0.1) is 0 Å². The second-order valence-corrected chi connectivity index (χ2v) is 6.68. The van der Waals surface area contributed by atoms with Gasteiger partial charge in [-0.3, -0.25) is 0 Å². The highest BCUT2D eigenvalue weighted by molar-refractivity contribution is 7.90. The highest BCUT2D eigenvalue weighted by Crippen LogP contribution is 2.23. The van der Waals surface area contributed by atoms with Crippen molar-refractivity contribution < 1.29 is 12.8 Å². The zero-order chi connectivity index (χ0) is 15.0. The summed E-state index contributed by atoms with van der Waals surface area (Å²) >= 11 is 0. The summed E-state index contributed by atoms with van der Waals surface area (Å²) in [5, 5.41) is 0. The average molecular weight is 293 g/mol. The quantitative estimate of drug-likeness (QED) is 0.839. The topological polar surface area (TPSA) is 46.5 Å². The summed E-state index contributed by atoms with van der Waals surface area (Å²) in [7, 11) is -3.77. The molecule has 0 saturated heterocycles. The fourth-order valence-corrected chi connectivity index (χ4v) is 2.96. The van der Waals surface area contributed by atoms with Gasteiger partial charge < -0.3 is 0 Å². The fraction of sp³-hybridized carbons (Fsp3) is 0.267. The average Bonchev–Trinajstić information content (AvgIpc) is 2.33. The van der Waals surface area contributed by atoms with Crippen molar-refractivity contribution >= 4 is 15.7 Å². The lowest BCUT2D eigenvalue weighted by Gasteiger charge is -2.17. The summed E-state index contributed by atoms with van der Waals surface area (Å²) in [5.41, 5.74) is 0.184. The highest BCUT2D eigenvalue weighted by Gasteiger charge is 2.23. The standard InChI is InChI=1S/C15H16FNO2S/c1-11-4-6-13(7-5-11)20(18,19)17-14-8-9-15(3,16)10-12(14)2/h4-10H,1-3H3/b17-14+. The summed E-state index contributed by atoms with van der Waals surface area (Å²) in [6.45, 7) is 4.92. The molecule has 1 atom stereocenters. The number of hydrogen-bond acceptors (Lipinski definition) is 2. The van der Waals surface area contributed by atoms with E-state index in [9.17, 15) is 12.8 Å². The second-order valence-electron chi connectivity index (χ2n) is 5.08. The number of sulfonamides is 1. The zero-order valence-electron chi connectivity index (χ0n) is 11.6. The van der Waals surface area contributed by atoms with Crippen LogP contribution in [-0.4, -0.2) is 19.8 Å². The predicted molar refractivity (Wildman–Crippen MR) is 78.2 cm³/mol. The Morgan fingerprint density at radius 1 is 1.15 bits per heavy atom. The number of allylic oxidation sites excluding steroid dienone is 4. The van der Waals surface area contributed by atoms with Gasteiger partial charge in [0.05, 0.1) is 10.6 Å². The Morgan fingerprint density at radius 3 is 2.30 bits per heavy atom. The van der Waals surface area contributed by atoms with Crippen LogP contribution in [0.1, 0.15) is 19.4 Å². The summed E-state index contributed by atoms with van der Waals surface area (Å²) in [6.07, 6.45) is 4.06. The van der Waals surface area contributed by atoms with Crippen LogP contribution < -0.4 is 0 Å². The minimum absolute atomic E-state index is 0.130. The first kappa shape index (κ1) is 14.7. The maximum absolute atomic E-state index is 13.7. The summed E-state index contributed by atoms with van der Waals surface area (Å²) in [6, 6.07) is 6.45. The van der Waals surface area contributed by atoms with Crippen molar-refractivity contribution in [2.24, 2.45) is 4.40 Å². The Hall–Kier alpha value is -1.75. The number of benzene rings is 1. The Morgan fingerprint density at radius 2 is 1.75 bits per heavy atom. The van der Waals surface area contributed by atoms with Crippen molar-refractivity contribution in [3.8, 4) is 0 Å². The van der Waals surface area contributed by atoms with Crippen LogP contribution in [0.15, 0.2) is 57.4 Å². The number of alkyl halides is 1. The molecule has 0 N–H and O–H groups in total. The normalized spacial score (nSPS) is 24.8. The maximum atomic E-state index is 13.7. The van der Waals surface area contributed by atoms with Gasteiger partial charge in [0, 0.05) is 0 Å². The van der Waals surface area contributed by atoms with E-state index in [0.717, 1.165) is 5.56 Å². The molecule has 1 aromatic rings. The molecule has 2 rings (SSSR count). The number of nitrogens with zero attached hydrogens (tertiary/aromatic N) is 1. The smallest absolute Gasteiger partial charge is 0.235 e. The van der Waals surface area contributed by atoms with E-state index in [1.54, 1.807) is 19.1 Å². The maximum Gasteiger partial charge on any atom is 0.282 e. The van der Waals surface area contributed by atoms with Gasteiger partial charge in [0.15, 0.2) is 0 Å². The van der Waals surface area contributed by atoms with Crippen molar-refractivity contribution in [3.05, 3.63) is 53.6 Å². The van der Waals surface area contributed by atoms with Gasteiger partial charge in [-0.1, -0.05) is 17.7 Å². The third kappa shape index (κ3) is 3.22. The van der Waals surface area contributed by atoms with Crippen LogP contribution in [0.3, 0.4) is 0 Å². The van der Waals surface area contributed by atoms with Crippen molar-refractivity contribution in [2.45, 2.75) is 31.3 Å². The van der Waals surface area contributed by atoms with Gasteiger partial charge in [-0.25, -0.2) is 4.39 Å². The molecule has 3 nitrogen and oxygen atoms in total. The molecule has 0 fully saturated rings. The molecule has 0 aromatic heterocycles. The van der Waals surface area contributed by atoms with Crippen LogP contribution in [0.2, 0.25) is 0 Å². The van der Waals surface area contributed by atoms with Crippen LogP contribution in [0.5, 0.6) is 0 Å². The van der Waals surface area contributed by atoms with Gasteiger partial charge in [0.25, 0.3) is 10.0 Å². The highest BCUT2D eigenvalue weighted by atomic mass is 32.2. The van der Waals surface area contributed by atoms with Gasteiger partial charge in [-0.2, -0.15) is 12.8 Å². The molecule has 1 aliphatic carbocycles. The SMILES string of the molecule is CC1=CC(C)(F)C=C/C1=N\S(=O)(=O)c1ccc(C)cc1. The fourth-order valence-electron chi connectivity index (χ4n) is 1.91. The molecule has 0 spiro atoms.